The highest BCUT2D eigenvalue weighted by Gasteiger charge is 2.43. The number of esters is 1. The van der Waals surface area contributed by atoms with Crippen LogP contribution in [0, 0.1) is 12.8 Å². The fraction of sp³-hybridized carbons (Fsp3) is 0.323. The molecule has 0 aromatic heterocycles. The van der Waals surface area contributed by atoms with E-state index in [2.05, 4.69) is 15.9 Å². The van der Waals surface area contributed by atoms with Gasteiger partial charge in [0.05, 0.1) is 26.2 Å². The molecule has 8 nitrogen and oxygen atoms in total. The first-order valence-corrected chi connectivity index (χ1v) is 13.8. The fourth-order valence-electron chi connectivity index (χ4n) is 4.89. The molecule has 1 aliphatic heterocycles. The topological polar surface area (TPSA) is 85.4 Å². The summed E-state index contributed by atoms with van der Waals surface area (Å²) >= 11 is 3.50. The van der Waals surface area contributed by atoms with Crippen LogP contribution in [0.15, 0.2) is 71.2 Å². The standard InChI is InChI=1S/C31H33BrN2O6/c1-20-9-12-23(13-10-20)34-28(35)16-14-24(30(34)21-11-15-26(38-3)27(17-21)39-4)31(37)40-19-29(36)33(2)18-22-7-5-6-8-25(22)32/h5-13,15,17,24,30H,14,16,18-19H2,1-4H3. The zero-order chi connectivity index (χ0) is 28.8. The molecule has 0 bridgehead atoms. The number of likely N-dealkylation sites (N-methyl/N-ethyl adjacent to an activating group) is 1. The van der Waals surface area contributed by atoms with Crippen molar-refractivity contribution in [2.45, 2.75) is 32.4 Å². The van der Waals surface area contributed by atoms with Crippen LogP contribution in [0.1, 0.15) is 35.6 Å². The number of halogens is 1. The van der Waals surface area contributed by atoms with Gasteiger partial charge in [0.25, 0.3) is 5.91 Å². The number of methoxy groups -OCH3 is 2. The van der Waals surface area contributed by atoms with Crippen molar-refractivity contribution < 1.29 is 28.6 Å². The number of ether oxygens (including phenoxy) is 3. The number of carbonyl (C=O) groups is 3. The highest BCUT2D eigenvalue weighted by atomic mass is 79.9. The summed E-state index contributed by atoms with van der Waals surface area (Å²) in [5, 5.41) is 0. The summed E-state index contributed by atoms with van der Waals surface area (Å²) in [4.78, 5) is 42.9. The molecule has 1 fully saturated rings. The maximum atomic E-state index is 13.5. The average molecular weight is 610 g/mol. The Hall–Kier alpha value is -3.85. The normalized spacial score (nSPS) is 16.8. The number of aryl methyl sites for hydroxylation is 1. The van der Waals surface area contributed by atoms with E-state index in [1.807, 2.05) is 61.5 Å². The molecular formula is C31H33BrN2O6. The second-order valence-corrected chi connectivity index (χ2v) is 10.6. The quantitative estimate of drug-likeness (QED) is 0.300. The van der Waals surface area contributed by atoms with Gasteiger partial charge in [0.1, 0.15) is 0 Å². The Bertz CT molecular complexity index is 1380. The molecule has 2 atom stereocenters. The van der Waals surface area contributed by atoms with Crippen LogP contribution in [0.4, 0.5) is 5.69 Å². The van der Waals surface area contributed by atoms with E-state index in [9.17, 15) is 14.4 Å². The van der Waals surface area contributed by atoms with Crippen LogP contribution in [0.5, 0.6) is 11.5 Å². The van der Waals surface area contributed by atoms with Gasteiger partial charge >= 0.3 is 5.97 Å². The first kappa shape index (κ1) is 29.1. The van der Waals surface area contributed by atoms with Crippen molar-refractivity contribution in [1.82, 2.24) is 4.90 Å². The Kier molecular flexibility index (Phi) is 9.47. The number of benzene rings is 3. The van der Waals surface area contributed by atoms with Crippen LogP contribution in [0.2, 0.25) is 0 Å². The summed E-state index contributed by atoms with van der Waals surface area (Å²) in [6, 6.07) is 19.9. The zero-order valence-electron chi connectivity index (χ0n) is 23.1. The smallest absolute Gasteiger partial charge is 0.311 e. The highest BCUT2D eigenvalue weighted by Crippen LogP contribution is 2.43. The van der Waals surface area contributed by atoms with Crippen molar-refractivity contribution in [3.63, 3.8) is 0 Å². The summed E-state index contributed by atoms with van der Waals surface area (Å²) in [6.07, 6.45) is 0.466. The number of carbonyl (C=O) groups excluding carboxylic acids is 3. The molecule has 0 spiro atoms. The van der Waals surface area contributed by atoms with E-state index in [1.165, 1.54) is 12.0 Å². The molecule has 0 N–H and O–H groups in total. The van der Waals surface area contributed by atoms with E-state index in [4.69, 9.17) is 14.2 Å². The third kappa shape index (κ3) is 6.47. The van der Waals surface area contributed by atoms with Crippen LogP contribution in [0.3, 0.4) is 0 Å². The Labute approximate surface area is 242 Å². The lowest BCUT2D eigenvalue weighted by molar-refractivity contribution is -0.157. The van der Waals surface area contributed by atoms with Gasteiger partial charge in [-0.3, -0.25) is 14.4 Å². The Morgan fingerprint density at radius 2 is 1.70 bits per heavy atom. The molecule has 9 heteroatoms. The van der Waals surface area contributed by atoms with Gasteiger partial charge in [-0.25, -0.2) is 0 Å². The van der Waals surface area contributed by atoms with Gasteiger partial charge in [0, 0.05) is 30.2 Å². The molecule has 2 amide bonds. The summed E-state index contributed by atoms with van der Waals surface area (Å²) in [5.41, 5.74) is 3.37. The van der Waals surface area contributed by atoms with Crippen LogP contribution >= 0.6 is 15.9 Å². The van der Waals surface area contributed by atoms with Gasteiger partial charge in [-0.05, 0) is 54.8 Å². The van der Waals surface area contributed by atoms with Crippen molar-refractivity contribution in [2.75, 3.05) is 32.8 Å². The maximum Gasteiger partial charge on any atom is 0.311 e. The van der Waals surface area contributed by atoms with E-state index in [0.29, 0.717) is 35.7 Å². The minimum Gasteiger partial charge on any atom is -0.493 e. The second kappa shape index (κ2) is 13.0. The van der Waals surface area contributed by atoms with Crippen molar-refractivity contribution in [1.29, 1.82) is 0 Å². The van der Waals surface area contributed by atoms with E-state index < -0.39 is 24.5 Å². The fourth-order valence-corrected chi connectivity index (χ4v) is 5.30. The van der Waals surface area contributed by atoms with Gasteiger partial charge in [0.2, 0.25) is 5.91 Å². The van der Waals surface area contributed by atoms with Crippen molar-refractivity contribution in [2.24, 2.45) is 5.92 Å². The van der Waals surface area contributed by atoms with Crippen LogP contribution < -0.4 is 14.4 Å². The minimum absolute atomic E-state index is 0.100. The lowest BCUT2D eigenvalue weighted by Crippen LogP contribution is -2.46. The number of rotatable bonds is 9. The number of anilines is 1. The van der Waals surface area contributed by atoms with E-state index in [0.717, 1.165) is 15.6 Å². The van der Waals surface area contributed by atoms with E-state index >= 15 is 0 Å². The third-order valence-electron chi connectivity index (χ3n) is 7.09. The maximum absolute atomic E-state index is 13.5. The lowest BCUT2D eigenvalue weighted by Gasteiger charge is -2.40. The molecule has 210 valence electrons. The number of amides is 2. The molecule has 0 radical (unpaired) electrons. The summed E-state index contributed by atoms with van der Waals surface area (Å²) in [6.45, 7) is 1.94. The van der Waals surface area contributed by atoms with Crippen LogP contribution in [-0.2, 0) is 25.7 Å². The second-order valence-electron chi connectivity index (χ2n) is 9.75. The number of nitrogens with zero attached hydrogens (tertiary/aromatic N) is 2. The van der Waals surface area contributed by atoms with Crippen LogP contribution in [-0.4, -0.2) is 50.6 Å². The van der Waals surface area contributed by atoms with Crippen molar-refractivity contribution in [3.05, 3.63) is 87.9 Å². The lowest BCUT2D eigenvalue weighted by atomic mass is 9.83. The van der Waals surface area contributed by atoms with Gasteiger partial charge in [-0.1, -0.05) is 57.9 Å². The molecule has 1 aliphatic rings. The first-order valence-electron chi connectivity index (χ1n) is 13.0. The first-order chi connectivity index (χ1) is 19.2. The largest absolute Gasteiger partial charge is 0.493 e. The zero-order valence-corrected chi connectivity index (χ0v) is 24.6. The number of hydrogen-bond acceptors (Lipinski definition) is 6. The van der Waals surface area contributed by atoms with Crippen LogP contribution in [0.25, 0.3) is 0 Å². The van der Waals surface area contributed by atoms with Gasteiger partial charge in [0.15, 0.2) is 18.1 Å². The average Bonchev–Trinajstić information content (AvgIpc) is 2.96. The van der Waals surface area contributed by atoms with E-state index in [-0.39, 0.29) is 18.2 Å². The molecule has 0 aliphatic carbocycles. The minimum atomic E-state index is -0.696. The molecule has 2 unspecified atom stereocenters. The highest BCUT2D eigenvalue weighted by molar-refractivity contribution is 9.10. The predicted molar refractivity (Wildman–Crippen MR) is 155 cm³/mol. The SMILES string of the molecule is COc1ccc(C2C(C(=O)OCC(=O)N(C)Cc3ccccc3Br)CCC(=O)N2c2ccc(C)cc2)cc1OC. The summed E-state index contributed by atoms with van der Waals surface area (Å²) < 4.78 is 17.4. The summed E-state index contributed by atoms with van der Waals surface area (Å²) in [7, 11) is 4.75. The van der Waals surface area contributed by atoms with Crippen molar-refractivity contribution in [3.8, 4) is 11.5 Å². The van der Waals surface area contributed by atoms with Gasteiger partial charge in [-0.15, -0.1) is 0 Å². The van der Waals surface area contributed by atoms with Gasteiger partial charge < -0.3 is 24.0 Å². The van der Waals surface area contributed by atoms with E-state index in [1.54, 1.807) is 31.2 Å². The molecule has 40 heavy (non-hydrogen) atoms. The molecule has 0 saturated carbocycles. The van der Waals surface area contributed by atoms with Crippen molar-refractivity contribution >= 4 is 39.4 Å². The Morgan fingerprint density at radius 3 is 2.38 bits per heavy atom. The summed E-state index contributed by atoms with van der Waals surface area (Å²) in [5.74, 6) is -0.637. The number of piperidine rings is 1. The number of hydrogen-bond donors (Lipinski definition) is 0. The molecule has 1 heterocycles. The molecule has 1 saturated heterocycles. The molecule has 3 aromatic carbocycles. The Morgan fingerprint density at radius 1 is 1.00 bits per heavy atom. The predicted octanol–water partition coefficient (Wildman–Crippen LogP) is 5.46. The monoisotopic (exact) mass is 608 g/mol. The molecule has 4 rings (SSSR count). The van der Waals surface area contributed by atoms with Gasteiger partial charge in [-0.2, -0.15) is 0 Å². The molecular weight excluding hydrogens is 576 g/mol. The third-order valence-corrected chi connectivity index (χ3v) is 7.86. The molecule has 3 aromatic rings. The Balaban J connectivity index is 1.59.